The summed E-state index contributed by atoms with van der Waals surface area (Å²) in [7, 11) is -3.86. The van der Waals surface area contributed by atoms with Gasteiger partial charge in [0.05, 0.1) is 17.7 Å². The molecule has 2 N–H and O–H groups in total. The second-order valence-electron chi connectivity index (χ2n) is 9.17. The van der Waals surface area contributed by atoms with E-state index in [2.05, 4.69) is 15.8 Å². The third-order valence-electron chi connectivity index (χ3n) is 6.20. The predicted octanol–water partition coefficient (Wildman–Crippen LogP) is 4.14. The van der Waals surface area contributed by atoms with Crippen LogP contribution in [0.25, 0.3) is 0 Å². The Morgan fingerprint density at radius 2 is 1.68 bits per heavy atom. The summed E-state index contributed by atoms with van der Waals surface area (Å²) in [5, 5.41) is 7.03. The van der Waals surface area contributed by atoms with Crippen LogP contribution in [0.2, 0.25) is 5.02 Å². The Kier molecular flexibility index (Phi) is 8.98. The summed E-state index contributed by atoms with van der Waals surface area (Å²) in [6.07, 6.45) is 5.06. The molecular weight excluding hydrogens is 528 g/mol. The summed E-state index contributed by atoms with van der Waals surface area (Å²) in [6.45, 7) is 1.95. The molecule has 1 aromatic heterocycles. The molecule has 0 radical (unpaired) electrons. The molecule has 0 unspecified atom stereocenters. The molecule has 0 spiro atoms. The van der Waals surface area contributed by atoms with E-state index in [4.69, 9.17) is 16.0 Å². The summed E-state index contributed by atoms with van der Waals surface area (Å²) >= 11 is 5.99. The lowest BCUT2D eigenvalue weighted by Gasteiger charge is -2.21. The van der Waals surface area contributed by atoms with Crippen LogP contribution in [0.3, 0.4) is 0 Å². The van der Waals surface area contributed by atoms with Gasteiger partial charge in [0.25, 0.3) is 0 Å². The summed E-state index contributed by atoms with van der Waals surface area (Å²) in [5.41, 5.74) is 3.90. The van der Waals surface area contributed by atoms with Gasteiger partial charge in [0.1, 0.15) is 11.5 Å². The fourth-order valence-electron chi connectivity index (χ4n) is 4.13. The minimum atomic E-state index is -3.86. The van der Waals surface area contributed by atoms with Gasteiger partial charge in [0.15, 0.2) is 0 Å². The molecule has 0 saturated heterocycles. The Labute approximate surface area is 226 Å². The van der Waals surface area contributed by atoms with E-state index in [1.807, 2.05) is 6.92 Å². The number of sulfonamides is 1. The Hall–Kier alpha value is -3.47. The van der Waals surface area contributed by atoms with Crippen LogP contribution < -0.4 is 10.7 Å². The van der Waals surface area contributed by atoms with E-state index in [0.717, 1.165) is 36.8 Å². The first-order valence-corrected chi connectivity index (χ1v) is 14.1. The van der Waals surface area contributed by atoms with Crippen LogP contribution >= 0.6 is 11.6 Å². The third kappa shape index (κ3) is 7.31. The molecule has 1 aliphatic carbocycles. The van der Waals surface area contributed by atoms with Gasteiger partial charge in [0.2, 0.25) is 10.0 Å². The maximum Gasteiger partial charge on any atom is 0.329 e. The first-order valence-electron chi connectivity index (χ1n) is 12.2. The normalized spacial score (nSPS) is 14.3. The van der Waals surface area contributed by atoms with Crippen molar-refractivity contribution in [2.45, 2.75) is 56.6 Å². The molecule has 0 atom stereocenters. The van der Waals surface area contributed by atoms with Gasteiger partial charge >= 0.3 is 11.8 Å². The largest absolute Gasteiger partial charge is 0.459 e. The van der Waals surface area contributed by atoms with Gasteiger partial charge in [-0.25, -0.2) is 13.8 Å². The SMILES string of the molecule is Cc1ccc(S(=O)(=O)N(Cc2ccc(Cl)cc2)Cc2ccc(/C=N/NC(=O)C(=O)NC3CCCC3)o2)cc1. The van der Waals surface area contributed by atoms with Crippen LogP contribution in [0.15, 0.2) is 75.1 Å². The summed E-state index contributed by atoms with van der Waals surface area (Å²) < 4.78 is 34.1. The molecule has 1 aliphatic rings. The van der Waals surface area contributed by atoms with E-state index in [1.54, 1.807) is 60.7 Å². The number of hydrogen-bond donors (Lipinski definition) is 2. The van der Waals surface area contributed by atoms with Crippen molar-refractivity contribution in [1.29, 1.82) is 0 Å². The van der Waals surface area contributed by atoms with E-state index in [1.165, 1.54) is 10.5 Å². The second kappa shape index (κ2) is 12.4. The number of aryl methyl sites for hydroxylation is 1. The molecule has 200 valence electrons. The number of carbonyl (C=O) groups excluding carboxylic acids is 2. The summed E-state index contributed by atoms with van der Waals surface area (Å²) in [4.78, 5) is 24.1. The van der Waals surface area contributed by atoms with Crippen molar-refractivity contribution in [3.05, 3.63) is 88.3 Å². The van der Waals surface area contributed by atoms with Crippen LogP contribution in [0.4, 0.5) is 0 Å². The number of nitrogens with one attached hydrogen (secondary N) is 2. The molecule has 1 fully saturated rings. The highest BCUT2D eigenvalue weighted by Crippen LogP contribution is 2.23. The van der Waals surface area contributed by atoms with E-state index in [0.29, 0.717) is 10.8 Å². The van der Waals surface area contributed by atoms with Crippen molar-refractivity contribution < 1.29 is 22.4 Å². The van der Waals surface area contributed by atoms with E-state index in [-0.39, 0.29) is 29.8 Å². The highest BCUT2D eigenvalue weighted by molar-refractivity contribution is 7.89. The zero-order valence-electron chi connectivity index (χ0n) is 20.9. The monoisotopic (exact) mass is 556 g/mol. The molecule has 2 aromatic carbocycles. The van der Waals surface area contributed by atoms with Crippen LogP contribution in [0.1, 0.15) is 48.3 Å². The topological polar surface area (TPSA) is 121 Å². The molecule has 11 heteroatoms. The van der Waals surface area contributed by atoms with Gasteiger partial charge in [-0.05, 0) is 61.7 Å². The van der Waals surface area contributed by atoms with E-state index >= 15 is 0 Å². The summed E-state index contributed by atoms with van der Waals surface area (Å²) in [6, 6.07) is 16.9. The number of amides is 2. The maximum absolute atomic E-state index is 13.5. The molecule has 2 amide bonds. The maximum atomic E-state index is 13.5. The number of halogens is 1. The molecule has 0 bridgehead atoms. The average Bonchev–Trinajstić information content (AvgIpc) is 3.57. The quantitative estimate of drug-likeness (QED) is 0.233. The molecule has 1 heterocycles. The molecule has 0 aliphatic heterocycles. The number of hydrazone groups is 1. The van der Waals surface area contributed by atoms with Gasteiger partial charge in [-0.1, -0.05) is 54.3 Å². The van der Waals surface area contributed by atoms with Gasteiger partial charge in [-0.2, -0.15) is 9.41 Å². The molecule has 1 saturated carbocycles. The first kappa shape index (κ1) is 27.6. The molecule has 4 rings (SSSR count). The fraction of sp³-hybridized carbons (Fsp3) is 0.296. The Morgan fingerprint density at radius 3 is 2.37 bits per heavy atom. The smallest absolute Gasteiger partial charge is 0.329 e. The average molecular weight is 557 g/mol. The number of hydrogen-bond acceptors (Lipinski definition) is 6. The van der Waals surface area contributed by atoms with Gasteiger partial charge in [-0.15, -0.1) is 0 Å². The zero-order valence-corrected chi connectivity index (χ0v) is 22.5. The molecular formula is C27H29ClN4O5S. The minimum Gasteiger partial charge on any atom is -0.459 e. The van der Waals surface area contributed by atoms with Gasteiger partial charge in [-0.3, -0.25) is 9.59 Å². The number of furan rings is 1. The Balaban J connectivity index is 1.44. The summed E-state index contributed by atoms with van der Waals surface area (Å²) in [5.74, 6) is -0.927. The highest BCUT2D eigenvalue weighted by atomic mass is 35.5. The number of nitrogens with zero attached hydrogens (tertiary/aromatic N) is 2. The molecule has 38 heavy (non-hydrogen) atoms. The Bertz CT molecular complexity index is 1400. The lowest BCUT2D eigenvalue weighted by atomic mass is 10.2. The predicted molar refractivity (Wildman–Crippen MR) is 144 cm³/mol. The highest BCUT2D eigenvalue weighted by Gasteiger charge is 2.26. The number of carbonyl (C=O) groups is 2. The Morgan fingerprint density at radius 1 is 1.00 bits per heavy atom. The third-order valence-corrected chi connectivity index (χ3v) is 8.26. The van der Waals surface area contributed by atoms with Crippen LogP contribution in [-0.4, -0.2) is 36.8 Å². The van der Waals surface area contributed by atoms with Gasteiger partial charge < -0.3 is 9.73 Å². The van der Waals surface area contributed by atoms with E-state index in [9.17, 15) is 18.0 Å². The number of rotatable bonds is 9. The lowest BCUT2D eigenvalue weighted by molar-refractivity contribution is -0.139. The van der Waals surface area contributed by atoms with Crippen molar-refractivity contribution >= 4 is 39.7 Å². The van der Waals surface area contributed by atoms with E-state index < -0.39 is 21.8 Å². The van der Waals surface area contributed by atoms with Crippen molar-refractivity contribution in [3.8, 4) is 0 Å². The van der Waals surface area contributed by atoms with Crippen molar-refractivity contribution in [3.63, 3.8) is 0 Å². The van der Waals surface area contributed by atoms with Crippen LogP contribution in [0, 0.1) is 6.92 Å². The molecule has 9 nitrogen and oxygen atoms in total. The standard InChI is InChI=1S/C27H29ClN4O5S/c1-19-6-14-25(15-7-19)38(35,36)32(17-20-8-10-21(28)11-9-20)18-24-13-12-23(37-24)16-29-31-27(34)26(33)30-22-4-2-3-5-22/h6-16,22H,2-5,17-18H2,1H3,(H,30,33)(H,31,34)/b29-16+. The lowest BCUT2D eigenvalue weighted by Crippen LogP contribution is -2.42. The van der Waals surface area contributed by atoms with Crippen molar-refractivity contribution in [2.75, 3.05) is 0 Å². The fourth-order valence-corrected chi connectivity index (χ4v) is 5.65. The number of benzene rings is 2. The van der Waals surface area contributed by atoms with Crippen molar-refractivity contribution in [1.82, 2.24) is 15.0 Å². The second-order valence-corrected chi connectivity index (χ2v) is 11.5. The van der Waals surface area contributed by atoms with Crippen LogP contribution in [-0.2, 0) is 32.7 Å². The van der Waals surface area contributed by atoms with Gasteiger partial charge in [0, 0.05) is 17.6 Å². The first-order chi connectivity index (χ1) is 18.2. The van der Waals surface area contributed by atoms with Crippen LogP contribution in [0.5, 0.6) is 0 Å². The molecule has 3 aromatic rings. The zero-order chi connectivity index (χ0) is 27.1. The minimum absolute atomic E-state index is 0.0249. The van der Waals surface area contributed by atoms with Crippen molar-refractivity contribution in [2.24, 2.45) is 5.10 Å².